The van der Waals surface area contributed by atoms with Gasteiger partial charge in [0.25, 0.3) is 0 Å². The van der Waals surface area contributed by atoms with Crippen molar-refractivity contribution in [2.75, 3.05) is 0 Å². The second kappa shape index (κ2) is 4.70. The Kier molecular flexibility index (Phi) is 3.07. The lowest BCUT2D eigenvalue weighted by Crippen LogP contribution is -2.00. The number of hydrogen-bond donors (Lipinski definition) is 0. The predicted octanol–water partition coefficient (Wildman–Crippen LogP) is 3.51. The smallest absolute Gasteiger partial charge is 0.179 e. The largest absolute Gasteiger partial charge is 0.293 e. The molecule has 0 saturated heterocycles. The molecule has 1 aliphatic carbocycles. The lowest BCUT2D eigenvalue weighted by Gasteiger charge is -2.08. The van der Waals surface area contributed by atoms with E-state index in [4.69, 9.17) is 0 Å². The van der Waals surface area contributed by atoms with Gasteiger partial charge in [-0.15, -0.1) is 22.7 Å². The third-order valence-corrected chi connectivity index (χ3v) is 5.12. The zero-order valence-corrected chi connectivity index (χ0v) is 11.1. The van der Waals surface area contributed by atoms with Gasteiger partial charge in [0.15, 0.2) is 5.78 Å². The van der Waals surface area contributed by atoms with E-state index in [1.165, 1.54) is 23.3 Å². The minimum atomic E-state index is 0.222. The number of Topliss-reactive ketones (excluding diaryl/α,β-unsaturated/α-hetero) is 1. The predicted molar refractivity (Wildman–Crippen MR) is 71.1 cm³/mol. The standard InChI is InChI=1S/C13H13NOS2/c15-10(8-13-14-5-6-16-13)12-7-9-3-1-2-4-11(9)17-12/h5-7H,1-4,8H2. The minimum absolute atomic E-state index is 0.222. The van der Waals surface area contributed by atoms with E-state index >= 15 is 0 Å². The first kappa shape index (κ1) is 11.1. The number of carbonyl (C=O) groups is 1. The van der Waals surface area contributed by atoms with Crippen LogP contribution in [-0.2, 0) is 19.3 Å². The lowest BCUT2D eigenvalue weighted by atomic mass is 9.99. The molecule has 1 aliphatic rings. The number of fused-ring (bicyclic) bond motifs is 1. The molecule has 2 aromatic rings. The third-order valence-electron chi connectivity index (χ3n) is 3.07. The Morgan fingerprint density at radius 3 is 3.00 bits per heavy atom. The molecular formula is C13H13NOS2. The maximum Gasteiger partial charge on any atom is 0.179 e. The molecule has 17 heavy (non-hydrogen) atoms. The Morgan fingerprint density at radius 2 is 2.24 bits per heavy atom. The second-order valence-electron chi connectivity index (χ2n) is 4.29. The Morgan fingerprint density at radius 1 is 1.35 bits per heavy atom. The highest BCUT2D eigenvalue weighted by Gasteiger charge is 2.17. The van der Waals surface area contributed by atoms with Gasteiger partial charge in [-0.25, -0.2) is 4.98 Å². The summed E-state index contributed by atoms with van der Waals surface area (Å²) >= 11 is 3.25. The van der Waals surface area contributed by atoms with Crippen molar-refractivity contribution in [1.82, 2.24) is 4.98 Å². The number of thiazole rings is 1. The fourth-order valence-corrected chi connectivity index (χ4v) is 4.00. The number of carbonyl (C=O) groups excluding carboxylic acids is 1. The summed E-state index contributed by atoms with van der Waals surface area (Å²) in [6.07, 6.45) is 7.06. The summed E-state index contributed by atoms with van der Waals surface area (Å²) in [5.41, 5.74) is 1.41. The molecule has 4 heteroatoms. The maximum absolute atomic E-state index is 12.1. The van der Waals surface area contributed by atoms with Crippen LogP contribution in [0.2, 0.25) is 0 Å². The highest BCUT2D eigenvalue weighted by molar-refractivity contribution is 7.14. The molecule has 88 valence electrons. The monoisotopic (exact) mass is 263 g/mol. The molecule has 0 N–H and O–H groups in total. The van der Waals surface area contributed by atoms with Crippen LogP contribution in [0.25, 0.3) is 0 Å². The first-order chi connectivity index (χ1) is 8.33. The van der Waals surface area contributed by atoms with Crippen molar-refractivity contribution < 1.29 is 4.79 Å². The molecule has 0 unspecified atom stereocenters. The number of hydrogen-bond acceptors (Lipinski definition) is 4. The van der Waals surface area contributed by atoms with Crippen molar-refractivity contribution in [1.29, 1.82) is 0 Å². The summed E-state index contributed by atoms with van der Waals surface area (Å²) < 4.78 is 0. The quantitative estimate of drug-likeness (QED) is 0.793. The van der Waals surface area contributed by atoms with Crippen LogP contribution in [0.1, 0.15) is 38.0 Å². The number of aryl methyl sites for hydroxylation is 2. The van der Waals surface area contributed by atoms with Crippen LogP contribution in [0.3, 0.4) is 0 Å². The molecule has 0 aromatic carbocycles. The highest BCUT2D eigenvalue weighted by Crippen LogP contribution is 2.30. The van der Waals surface area contributed by atoms with Crippen molar-refractivity contribution in [3.05, 3.63) is 38.0 Å². The van der Waals surface area contributed by atoms with Gasteiger partial charge in [0.05, 0.1) is 11.3 Å². The molecule has 0 bridgehead atoms. The number of nitrogens with zero attached hydrogens (tertiary/aromatic N) is 1. The van der Waals surface area contributed by atoms with Crippen molar-refractivity contribution in [2.45, 2.75) is 32.1 Å². The summed E-state index contributed by atoms with van der Waals surface area (Å²) in [4.78, 5) is 18.6. The minimum Gasteiger partial charge on any atom is -0.293 e. The average Bonchev–Trinajstić information content (AvgIpc) is 2.96. The SMILES string of the molecule is O=C(Cc1nccs1)c1cc2c(s1)CCCC2. The number of aromatic nitrogens is 1. The number of ketones is 1. The maximum atomic E-state index is 12.1. The Bertz CT molecular complexity index is 504. The lowest BCUT2D eigenvalue weighted by molar-refractivity contribution is 0.0996. The van der Waals surface area contributed by atoms with E-state index in [1.54, 1.807) is 28.9 Å². The van der Waals surface area contributed by atoms with Crippen molar-refractivity contribution in [2.24, 2.45) is 0 Å². The van der Waals surface area contributed by atoms with Crippen molar-refractivity contribution >= 4 is 28.5 Å². The molecule has 2 heterocycles. The normalized spacial score (nSPS) is 14.6. The molecule has 0 saturated carbocycles. The van der Waals surface area contributed by atoms with Crippen LogP contribution in [0.4, 0.5) is 0 Å². The van der Waals surface area contributed by atoms with Gasteiger partial charge in [-0.1, -0.05) is 0 Å². The summed E-state index contributed by atoms with van der Waals surface area (Å²) in [6.45, 7) is 0. The van der Waals surface area contributed by atoms with Crippen LogP contribution in [-0.4, -0.2) is 10.8 Å². The highest BCUT2D eigenvalue weighted by atomic mass is 32.1. The van der Waals surface area contributed by atoms with Crippen LogP contribution in [0.5, 0.6) is 0 Å². The Balaban J connectivity index is 1.79. The molecule has 0 spiro atoms. The summed E-state index contributed by atoms with van der Waals surface area (Å²) in [6, 6.07) is 2.11. The zero-order chi connectivity index (χ0) is 11.7. The zero-order valence-electron chi connectivity index (χ0n) is 9.44. The van der Waals surface area contributed by atoms with E-state index in [0.717, 1.165) is 22.7 Å². The van der Waals surface area contributed by atoms with Crippen LogP contribution < -0.4 is 0 Å². The molecule has 2 nitrogen and oxygen atoms in total. The van der Waals surface area contributed by atoms with E-state index in [0.29, 0.717) is 6.42 Å². The van der Waals surface area contributed by atoms with E-state index in [-0.39, 0.29) is 5.78 Å². The van der Waals surface area contributed by atoms with Gasteiger partial charge in [0, 0.05) is 16.5 Å². The second-order valence-corrected chi connectivity index (χ2v) is 6.41. The topological polar surface area (TPSA) is 30.0 Å². The van der Waals surface area contributed by atoms with E-state index in [1.807, 2.05) is 5.38 Å². The molecule has 0 fully saturated rings. The van der Waals surface area contributed by atoms with Gasteiger partial charge in [-0.05, 0) is 37.3 Å². The summed E-state index contributed by atoms with van der Waals surface area (Å²) in [5, 5.41) is 2.84. The average molecular weight is 263 g/mol. The van der Waals surface area contributed by atoms with Gasteiger partial charge in [0.2, 0.25) is 0 Å². The molecular weight excluding hydrogens is 250 g/mol. The van der Waals surface area contributed by atoms with E-state index in [2.05, 4.69) is 11.1 Å². The summed E-state index contributed by atoms with van der Waals surface area (Å²) in [7, 11) is 0. The van der Waals surface area contributed by atoms with Crippen LogP contribution in [0.15, 0.2) is 17.6 Å². The number of thiophene rings is 1. The fraction of sp³-hybridized carbons (Fsp3) is 0.385. The molecule has 0 amide bonds. The molecule has 3 rings (SSSR count). The molecule has 0 radical (unpaired) electrons. The van der Waals surface area contributed by atoms with Gasteiger partial charge in [-0.2, -0.15) is 0 Å². The molecule has 0 atom stereocenters. The van der Waals surface area contributed by atoms with Crippen molar-refractivity contribution in [3.8, 4) is 0 Å². The number of rotatable bonds is 3. The van der Waals surface area contributed by atoms with Gasteiger partial charge in [0.1, 0.15) is 5.01 Å². The van der Waals surface area contributed by atoms with Crippen LogP contribution in [0, 0.1) is 0 Å². The van der Waals surface area contributed by atoms with Gasteiger partial charge in [-0.3, -0.25) is 4.79 Å². The first-order valence-electron chi connectivity index (χ1n) is 5.86. The first-order valence-corrected chi connectivity index (χ1v) is 7.56. The molecule has 2 aromatic heterocycles. The van der Waals surface area contributed by atoms with E-state index in [9.17, 15) is 4.79 Å². The van der Waals surface area contributed by atoms with Gasteiger partial charge < -0.3 is 0 Å². The Hall–Kier alpha value is -1.00. The third kappa shape index (κ3) is 2.33. The summed E-state index contributed by atoms with van der Waals surface area (Å²) in [5.74, 6) is 0.222. The van der Waals surface area contributed by atoms with Gasteiger partial charge >= 0.3 is 0 Å². The Labute approximate surface area is 108 Å². The van der Waals surface area contributed by atoms with E-state index < -0.39 is 0 Å². The fourth-order valence-electron chi connectivity index (χ4n) is 2.19. The van der Waals surface area contributed by atoms with Crippen LogP contribution >= 0.6 is 22.7 Å². The molecule has 0 aliphatic heterocycles. The van der Waals surface area contributed by atoms with Crippen molar-refractivity contribution in [3.63, 3.8) is 0 Å².